The second kappa shape index (κ2) is 5.39. The van der Waals surface area contributed by atoms with Crippen LogP contribution >= 0.6 is 0 Å². The van der Waals surface area contributed by atoms with E-state index in [4.69, 9.17) is 10.5 Å². The third kappa shape index (κ3) is 2.58. The lowest BCUT2D eigenvalue weighted by atomic mass is 9.59. The van der Waals surface area contributed by atoms with E-state index in [1.807, 2.05) is 37.3 Å². The van der Waals surface area contributed by atoms with E-state index in [0.29, 0.717) is 19.8 Å². The minimum absolute atomic E-state index is 0.135. The fourth-order valence-corrected chi connectivity index (χ4v) is 2.66. The van der Waals surface area contributed by atoms with E-state index in [9.17, 15) is 5.11 Å². The molecule has 1 aromatic carbocycles. The van der Waals surface area contributed by atoms with Gasteiger partial charge in [0, 0.05) is 12.0 Å². The smallest absolute Gasteiger partial charge is 0.0920 e. The summed E-state index contributed by atoms with van der Waals surface area (Å²) < 4.78 is 5.66. The summed E-state index contributed by atoms with van der Waals surface area (Å²) in [5, 5.41) is 10.6. The van der Waals surface area contributed by atoms with Gasteiger partial charge in [0.1, 0.15) is 0 Å². The Labute approximate surface area is 109 Å². The summed E-state index contributed by atoms with van der Waals surface area (Å²) in [5.74, 6) is 0. The molecule has 100 valence electrons. The van der Waals surface area contributed by atoms with Crippen LogP contribution in [0.25, 0.3) is 0 Å². The summed E-state index contributed by atoms with van der Waals surface area (Å²) in [5.41, 5.74) is 5.99. The molecule has 1 atom stereocenters. The molecule has 1 aliphatic rings. The van der Waals surface area contributed by atoms with Gasteiger partial charge in [0.2, 0.25) is 0 Å². The SMILES string of the molecule is CC(O)(COCc1ccccc1)C1(CN)CCC1. The van der Waals surface area contributed by atoms with Crippen LogP contribution in [0.5, 0.6) is 0 Å². The van der Waals surface area contributed by atoms with Gasteiger partial charge in [-0.15, -0.1) is 0 Å². The Morgan fingerprint density at radius 3 is 2.50 bits per heavy atom. The van der Waals surface area contributed by atoms with Gasteiger partial charge in [0.25, 0.3) is 0 Å². The standard InChI is InChI=1S/C15H23NO2/c1-14(17,15(11-16)8-5-9-15)12-18-10-13-6-3-2-4-7-13/h2-4,6-7,17H,5,8-12,16H2,1H3. The largest absolute Gasteiger partial charge is 0.387 e. The molecule has 2 rings (SSSR count). The van der Waals surface area contributed by atoms with Gasteiger partial charge < -0.3 is 15.6 Å². The monoisotopic (exact) mass is 249 g/mol. The first kappa shape index (κ1) is 13.5. The Bertz CT molecular complexity index is 366. The number of hydrogen-bond donors (Lipinski definition) is 2. The van der Waals surface area contributed by atoms with Gasteiger partial charge in [-0.25, -0.2) is 0 Å². The number of ether oxygens (including phenoxy) is 1. The van der Waals surface area contributed by atoms with E-state index in [-0.39, 0.29) is 5.41 Å². The Morgan fingerprint density at radius 1 is 1.33 bits per heavy atom. The Balaban J connectivity index is 1.85. The van der Waals surface area contributed by atoms with Crippen molar-refractivity contribution in [3.8, 4) is 0 Å². The summed E-state index contributed by atoms with van der Waals surface area (Å²) in [6, 6.07) is 10.0. The highest BCUT2D eigenvalue weighted by molar-refractivity contribution is 5.13. The van der Waals surface area contributed by atoms with Crippen molar-refractivity contribution >= 4 is 0 Å². The third-order valence-electron chi connectivity index (χ3n) is 4.34. The molecule has 1 saturated carbocycles. The topological polar surface area (TPSA) is 55.5 Å². The molecule has 0 bridgehead atoms. The summed E-state index contributed by atoms with van der Waals surface area (Å²) in [7, 11) is 0. The van der Waals surface area contributed by atoms with Gasteiger partial charge in [0.05, 0.1) is 18.8 Å². The van der Waals surface area contributed by atoms with Crippen LogP contribution in [-0.4, -0.2) is 23.9 Å². The second-order valence-electron chi connectivity index (χ2n) is 5.59. The van der Waals surface area contributed by atoms with Crippen LogP contribution in [0.15, 0.2) is 30.3 Å². The molecule has 1 aliphatic carbocycles. The van der Waals surface area contributed by atoms with Gasteiger partial charge in [-0.1, -0.05) is 36.8 Å². The molecule has 0 heterocycles. The number of hydrogen-bond acceptors (Lipinski definition) is 3. The van der Waals surface area contributed by atoms with Crippen molar-refractivity contribution in [1.29, 1.82) is 0 Å². The van der Waals surface area contributed by atoms with E-state index < -0.39 is 5.60 Å². The lowest BCUT2D eigenvalue weighted by Crippen LogP contribution is -2.57. The highest BCUT2D eigenvalue weighted by Gasteiger charge is 2.50. The summed E-state index contributed by atoms with van der Waals surface area (Å²) in [6.07, 6.45) is 3.17. The maximum Gasteiger partial charge on any atom is 0.0920 e. The average Bonchev–Trinajstić information content (AvgIpc) is 2.29. The van der Waals surface area contributed by atoms with Crippen LogP contribution in [0.1, 0.15) is 31.7 Å². The zero-order valence-corrected chi connectivity index (χ0v) is 11.1. The van der Waals surface area contributed by atoms with E-state index in [2.05, 4.69) is 0 Å². The Morgan fingerprint density at radius 2 is 2.00 bits per heavy atom. The van der Waals surface area contributed by atoms with Crippen molar-refractivity contribution in [2.45, 2.75) is 38.4 Å². The molecular weight excluding hydrogens is 226 g/mol. The van der Waals surface area contributed by atoms with E-state index in [0.717, 1.165) is 24.8 Å². The molecule has 0 amide bonds. The van der Waals surface area contributed by atoms with Crippen LogP contribution in [0, 0.1) is 5.41 Å². The number of benzene rings is 1. The number of nitrogens with two attached hydrogens (primary N) is 1. The highest BCUT2D eigenvalue weighted by Crippen LogP contribution is 2.48. The molecule has 3 N–H and O–H groups in total. The molecule has 3 heteroatoms. The van der Waals surface area contributed by atoms with Gasteiger partial charge in [-0.2, -0.15) is 0 Å². The molecule has 18 heavy (non-hydrogen) atoms. The van der Waals surface area contributed by atoms with Gasteiger partial charge in [-0.3, -0.25) is 0 Å². The number of rotatable bonds is 6. The molecule has 1 unspecified atom stereocenters. The molecule has 1 fully saturated rings. The van der Waals surface area contributed by atoms with Crippen LogP contribution in [0.3, 0.4) is 0 Å². The average molecular weight is 249 g/mol. The summed E-state index contributed by atoms with van der Waals surface area (Å²) in [6.45, 7) is 3.27. The van der Waals surface area contributed by atoms with Crippen LogP contribution in [-0.2, 0) is 11.3 Å². The quantitative estimate of drug-likeness (QED) is 0.811. The predicted octanol–water partition coefficient (Wildman–Crippen LogP) is 2.08. The Kier molecular flexibility index (Phi) is 4.05. The van der Waals surface area contributed by atoms with Crippen molar-refractivity contribution in [3.63, 3.8) is 0 Å². The molecule has 0 aromatic heterocycles. The number of aliphatic hydroxyl groups is 1. The zero-order chi connectivity index (χ0) is 13.1. The zero-order valence-electron chi connectivity index (χ0n) is 11.1. The molecular formula is C15H23NO2. The third-order valence-corrected chi connectivity index (χ3v) is 4.34. The molecule has 0 radical (unpaired) electrons. The van der Waals surface area contributed by atoms with Gasteiger partial charge in [0.15, 0.2) is 0 Å². The second-order valence-corrected chi connectivity index (χ2v) is 5.59. The van der Waals surface area contributed by atoms with Gasteiger partial charge >= 0.3 is 0 Å². The fourth-order valence-electron chi connectivity index (χ4n) is 2.66. The maximum absolute atomic E-state index is 10.6. The first-order valence-electron chi connectivity index (χ1n) is 6.64. The highest BCUT2D eigenvalue weighted by atomic mass is 16.5. The molecule has 1 aromatic rings. The lowest BCUT2D eigenvalue weighted by Gasteiger charge is -2.51. The minimum atomic E-state index is -0.825. The van der Waals surface area contributed by atoms with E-state index in [1.54, 1.807) is 0 Å². The maximum atomic E-state index is 10.6. The van der Waals surface area contributed by atoms with Crippen molar-refractivity contribution in [2.24, 2.45) is 11.1 Å². The van der Waals surface area contributed by atoms with Crippen molar-refractivity contribution < 1.29 is 9.84 Å². The first-order valence-corrected chi connectivity index (χ1v) is 6.64. The summed E-state index contributed by atoms with van der Waals surface area (Å²) in [4.78, 5) is 0. The van der Waals surface area contributed by atoms with E-state index in [1.165, 1.54) is 0 Å². The van der Waals surface area contributed by atoms with Crippen LogP contribution in [0.2, 0.25) is 0 Å². The van der Waals surface area contributed by atoms with Crippen molar-refractivity contribution in [1.82, 2.24) is 0 Å². The molecule has 0 spiro atoms. The molecule has 0 aliphatic heterocycles. The Hall–Kier alpha value is -0.900. The minimum Gasteiger partial charge on any atom is -0.387 e. The molecule has 0 saturated heterocycles. The lowest BCUT2D eigenvalue weighted by molar-refractivity contribution is -0.151. The van der Waals surface area contributed by atoms with Crippen molar-refractivity contribution in [3.05, 3.63) is 35.9 Å². The molecule has 3 nitrogen and oxygen atoms in total. The van der Waals surface area contributed by atoms with Crippen molar-refractivity contribution in [2.75, 3.05) is 13.2 Å². The fraction of sp³-hybridized carbons (Fsp3) is 0.600. The summed E-state index contributed by atoms with van der Waals surface area (Å²) >= 11 is 0. The normalized spacial score (nSPS) is 21.1. The van der Waals surface area contributed by atoms with Gasteiger partial charge in [-0.05, 0) is 25.3 Å². The van der Waals surface area contributed by atoms with E-state index >= 15 is 0 Å². The first-order chi connectivity index (χ1) is 8.60. The predicted molar refractivity (Wildman–Crippen MR) is 72.1 cm³/mol. The van der Waals surface area contributed by atoms with Crippen LogP contribution < -0.4 is 5.73 Å². The van der Waals surface area contributed by atoms with Crippen LogP contribution in [0.4, 0.5) is 0 Å².